The van der Waals surface area contributed by atoms with E-state index in [4.69, 9.17) is 5.73 Å². The molecule has 1 rings (SSSR count). The third kappa shape index (κ3) is 6.41. The summed E-state index contributed by atoms with van der Waals surface area (Å²) in [6.45, 7) is 6.26. The van der Waals surface area contributed by atoms with E-state index in [0.29, 0.717) is 6.54 Å². The molecular formula is C14H22BrClN2O. The summed E-state index contributed by atoms with van der Waals surface area (Å²) in [6.07, 6.45) is 0.795. The molecule has 3 nitrogen and oxygen atoms in total. The van der Waals surface area contributed by atoms with Crippen LogP contribution < -0.4 is 11.1 Å². The molecular weight excluding hydrogens is 328 g/mol. The highest BCUT2D eigenvalue weighted by Crippen LogP contribution is 2.16. The van der Waals surface area contributed by atoms with Crippen molar-refractivity contribution in [3.05, 3.63) is 34.3 Å². The van der Waals surface area contributed by atoms with Gasteiger partial charge in [-0.1, -0.05) is 35.0 Å². The maximum absolute atomic E-state index is 11.8. The average molecular weight is 350 g/mol. The zero-order chi connectivity index (χ0) is 13.8. The van der Waals surface area contributed by atoms with E-state index in [9.17, 15) is 4.79 Å². The molecule has 0 aliphatic heterocycles. The number of nitrogens with one attached hydrogen (secondary N) is 1. The SMILES string of the molecule is CC(CN)C(=O)NC(C)(C)Cc1ccc(Br)cc1.Cl. The molecule has 1 amide bonds. The molecule has 1 aromatic rings. The third-order valence-corrected chi connectivity index (χ3v) is 3.35. The van der Waals surface area contributed by atoms with Gasteiger partial charge in [0.1, 0.15) is 0 Å². The minimum absolute atomic E-state index is 0. The van der Waals surface area contributed by atoms with E-state index in [0.717, 1.165) is 10.9 Å². The van der Waals surface area contributed by atoms with Crippen molar-refractivity contribution in [1.29, 1.82) is 0 Å². The van der Waals surface area contributed by atoms with E-state index in [2.05, 4.69) is 33.4 Å². The molecule has 0 fully saturated rings. The van der Waals surface area contributed by atoms with Crippen molar-refractivity contribution in [2.75, 3.05) is 6.54 Å². The fourth-order valence-electron chi connectivity index (χ4n) is 1.72. The zero-order valence-electron chi connectivity index (χ0n) is 11.6. The highest BCUT2D eigenvalue weighted by atomic mass is 79.9. The van der Waals surface area contributed by atoms with Crippen LogP contribution in [-0.2, 0) is 11.2 Å². The Bertz CT molecular complexity index is 406. The summed E-state index contributed by atoms with van der Waals surface area (Å²) in [5, 5.41) is 3.04. The lowest BCUT2D eigenvalue weighted by molar-refractivity contribution is -0.125. The Labute approximate surface area is 129 Å². The van der Waals surface area contributed by atoms with Gasteiger partial charge in [-0.3, -0.25) is 4.79 Å². The molecule has 0 bridgehead atoms. The Morgan fingerprint density at radius 3 is 2.37 bits per heavy atom. The van der Waals surface area contributed by atoms with Gasteiger partial charge in [-0.15, -0.1) is 12.4 Å². The first kappa shape index (κ1) is 18.4. The normalized spacial score (nSPS) is 12.5. The number of benzene rings is 1. The molecule has 0 aliphatic rings. The van der Waals surface area contributed by atoms with Crippen LogP contribution in [0.5, 0.6) is 0 Å². The molecule has 19 heavy (non-hydrogen) atoms. The summed E-state index contributed by atoms with van der Waals surface area (Å²) in [5.74, 6) is -0.131. The number of rotatable bonds is 5. The second-order valence-electron chi connectivity index (χ2n) is 5.31. The quantitative estimate of drug-likeness (QED) is 0.859. The molecule has 1 atom stereocenters. The first-order valence-corrected chi connectivity index (χ1v) is 6.90. The lowest BCUT2D eigenvalue weighted by Crippen LogP contribution is -2.48. The molecule has 0 saturated carbocycles. The smallest absolute Gasteiger partial charge is 0.224 e. The predicted molar refractivity (Wildman–Crippen MR) is 85.5 cm³/mol. The number of halogens is 2. The first-order valence-electron chi connectivity index (χ1n) is 6.10. The Hall–Kier alpha value is -0.580. The molecule has 1 aromatic carbocycles. The molecule has 0 radical (unpaired) electrons. The Morgan fingerprint density at radius 2 is 1.89 bits per heavy atom. The van der Waals surface area contributed by atoms with Crippen LogP contribution in [0.1, 0.15) is 26.3 Å². The Kier molecular flexibility index (Phi) is 7.64. The van der Waals surface area contributed by atoms with Crippen LogP contribution in [0.4, 0.5) is 0 Å². The van der Waals surface area contributed by atoms with Crippen molar-refractivity contribution in [1.82, 2.24) is 5.32 Å². The second kappa shape index (κ2) is 7.88. The van der Waals surface area contributed by atoms with Crippen LogP contribution in [0, 0.1) is 5.92 Å². The lowest BCUT2D eigenvalue weighted by atomic mass is 9.94. The maximum atomic E-state index is 11.8. The molecule has 0 aromatic heterocycles. The highest BCUT2D eigenvalue weighted by molar-refractivity contribution is 9.10. The molecule has 0 spiro atoms. The molecule has 1 unspecified atom stereocenters. The summed E-state index contributed by atoms with van der Waals surface area (Å²) in [4.78, 5) is 11.8. The number of hydrogen-bond acceptors (Lipinski definition) is 2. The standard InChI is InChI=1S/C14H21BrN2O.ClH/c1-10(9-16)13(18)17-14(2,3)8-11-4-6-12(15)7-5-11;/h4-7,10H,8-9,16H2,1-3H3,(H,17,18);1H. The van der Waals surface area contributed by atoms with Crippen molar-refractivity contribution in [2.45, 2.75) is 32.7 Å². The molecule has 0 heterocycles. The minimum Gasteiger partial charge on any atom is -0.351 e. The van der Waals surface area contributed by atoms with Crippen molar-refractivity contribution in [3.63, 3.8) is 0 Å². The number of nitrogens with two attached hydrogens (primary N) is 1. The van der Waals surface area contributed by atoms with Gasteiger partial charge in [-0.25, -0.2) is 0 Å². The van der Waals surface area contributed by atoms with Crippen molar-refractivity contribution in [3.8, 4) is 0 Å². The van der Waals surface area contributed by atoms with Gasteiger partial charge in [0, 0.05) is 22.5 Å². The van der Waals surface area contributed by atoms with Gasteiger partial charge >= 0.3 is 0 Å². The van der Waals surface area contributed by atoms with E-state index >= 15 is 0 Å². The fraction of sp³-hybridized carbons (Fsp3) is 0.500. The van der Waals surface area contributed by atoms with E-state index in [1.807, 2.05) is 32.9 Å². The van der Waals surface area contributed by atoms with Crippen molar-refractivity contribution >= 4 is 34.2 Å². The first-order chi connectivity index (χ1) is 8.34. The Morgan fingerprint density at radius 1 is 1.37 bits per heavy atom. The highest BCUT2D eigenvalue weighted by Gasteiger charge is 2.23. The van der Waals surface area contributed by atoms with Crippen LogP contribution in [0.3, 0.4) is 0 Å². The number of carbonyl (C=O) groups excluding carboxylic acids is 1. The number of amides is 1. The van der Waals surface area contributed by atoms with Crippen LogP contribution in [0.15, 0.2) is 28.7 Å². The van der Waals surface area contributed by atoms with Gasteiger partial charge in [0.2, 0.25) is 5.91 Å². The molecule has 3 N–H and O–H groups in total. The molecule has 108 valence electrons. The number of hydrogen-bond donors (Lipinski definition) is 2. The summed E-state index contributed by atoms with van der Waals surface area (Å²) in [7, 11) is 0. The minimum atomic E-state index is -0.270. The summed E-state index contributed by atoms with van der Waals surface area (Å²) in [5.41, 5.74) is 6.42. The van der Waals surface area contributed by atoms with Gasteiger partial charge in [0.05, 0.1) is 0 Å². The van der Waals surface area contributed by atoms with Gasteiger partial charge in [0.25, 0.3) is 0 Å². The van der Waals surface area contributed by atoms with Crippen LogP contribution in [0.2, 0.25) is 0 Å². The monoisotopic (exact) mass is 348 g/mol. The van der Waals surface area contributed by atoms with Gasteiger partial charge < -0.3 is 11.1 Å². The number of carbonyl (C=O) groups is 1. The van der Waals surface area contributed by atoms with Crippen LogP contribution in [0.25, 0.3) is 0 Å². The summed E-state index contributed by atoms with van der Waals surface area (Å²) < 4.78 is 1.06. The summed E-state index contributed by atoms with van der Waals surface area (Å²) >= 11 is 3.41. The second-order valence-corrected chi connectivity index (χ2v) is 6.23. The van der Waals surface area contributed by atoms with E-state index in [1.165, 1.54) is 5.56 Å². The topological polar surface area (TPSA) is 55.1 Å². The van der Waals surface area contributed by atoms with Crippen molar-refractivity contribution < 1.29 is 4.79 Å². The molecule has 0 saturated heterocycles. The zero-order valence-corrected chi connectivity index (χ0v) is 14.0. The fourth-order valence-corrected chi connectivity index (χ4v) is 1.98. The maximum Gasteiger partial charge on any atom is 0.224 e. The lowest BCUT2D eigenvalue weighted by Gasteiger charge is -2.28. The van der Waals surface area contributed by atoms with E-state index < -0.39 is 0 Å². The van der Waals surface area contributed by atoms with E-state index in [1.54, 1.807) is 0 Å². The van der Waals surface area contributed by atoms with Gasteiger partial charge in [-0.2, -0.15) is 0 Å². The van der Waals surface area contributed by atoms with Gasteiger partial charge in [0.15, 0.2) is 0 Å². The molecule has 0 aliphatic carbocycles. The van der Waals surface area contributed by atoms with E-state index in [-0.39, 0.29) is 29.8 Å². The van der Waals surface area contributed by atoms with Crippen molar-refractivity contribution in [2.24, 2.45) is 11.7 Å². The van der Waals surface area contributed by atoms with Gasteiger partial charge in [-0.05, 0) is 38.0 Å². The Balaban J connectivity index is 0.00000324. The average Bonchev–Trinajstić information content (AvgIpc) is 2.30. The predicted octanol–water partition coefficient (Wildman–Crippen LogP) is 2.90. The summed E-state index contributed by atoms with van der Waals surface area (Å²) in [6, 6.07) is 8.14. The van der Waals surface area contributed by atoms with Crippen LogP contribution in [-0.4, -0.2) is 18.0 Å². The van der Waals surface area contributed by atoms with Crippen LogP contribution >= 0.6 is 28.3 Å². The largest absolute Gasteiger partial charge is 0.351 e. The molecule has 5 heteroatoms. The third-order valence-electron chi connectivity index (χ3n) is 2.82.